The van der Waals surface area contributed by atoms with Crippen LogP contribution in [0.1, 0.15) is 64.2 Å². The van der Waals surface area contributed by atoms with Crippen molar-refractivity contribution in [3.63, 3.8) is 0 Å². The summed E-state index contributed by atoms with van der Waals surface area (Å²) < 4.78 is 11.7. The minimum absolute atomic E-state index is 0.106. The molecule has 1 aliphatic carbocycles. The first kappa shape index (κ1) is 17.2. The molecule has 1 amide bonds. The summed E-state index contributed by atoms with van der Waals surface area (Å²) in [6.45, 7) is 2.23. The van der Waals surface area contributed by atoms with Gasteiger partial charge in [0.1, 0.15) is 0 Å². The molecule has 5 heteroatoms. The molecule has 2 aliphatic heterocycles. The number of nitrogens with zero attached hydrogens (tertiary/aromatic N) is 1. The predicted molar refractivity (Wildman–Crippen MR) is 87.2 cm³/mol. The van der Waals surface area contributed by atoms with Crippen LogP contribution in [0.15, 0.2) is 0 Å². The molecule has 0 bridgehead atoms. The predicted octanol–water partition coefficient (Wildman–Crippen LogP) is 2.26. The highest BCUT2D eigenvalue weighted by Gasteiger charge is 2.46. The van der Waals surface area contributed by atoms with E-state index < -0.39 is 5.60 Å². The molecular formula is C18H31NO4. The van der Waals surface area contributed by atoms with Crippen LogP contribution in [0.2, 0.25) is 0 Å². The number of ether oxygens (including phenoxy) is 2. The summed E-state index contributed by atoms with van der Waals surface area (Å²) in [4.78, 5) is 14.5. The summed E-state index contributed by atoms with van der Waals surface area (Å²) in [5, 5.41) is 10.6. The fourth-order valence-electron chi connectivity index (χ4n) is 4.61. The average Bonchev–Trinajstić information content (AvgIpc) is 2.56. The van der Waals surface area contributed by atoms with Gasteiger partial charge in [0.25, 0.3) is 0 Å². The maximum atomic E-state index is 12.6. The lowest BCUT2D eigenvalue weighted by Crippen LogP contribution is -2.57. The molecule has 0 radical (unpaired) electrons. The fraction of sp³-hybridized carbons (Fsp3) is 0.944. The van der Waals surface area contributed by atoms with Gasteiger partial charge in [-0.2, -0.15) is 0 Å². The highest BCUT2D eigenvalue weighted by molar-refractivity contribution is 5.77. The van der Waals surface area contributed by atoms with Crippen molar-refractivity contribution in [2.75, 3.05) is 26.8 Å². The molecular weight excluding hydrogens is 294 g/mol. The Morgan fingerprint density at radius 1 is 1.17 bits per heavy atom. The van der Waals surface area contributed by atoms with Gasteiger partial charge in [-0.05, 0) is 38.5 Å². The summed E-state index contributed by atoms with van der Waals surface area (Å²) in [6, 6.07) is 0. The van der Waals surface area contributed by atoms with Crippen molar-refractivity contribution in [2.45, 2.75) is 81.5 Å². The summed E-state index contributed by atoms with van der Waals surface area (Å²) in [7, 11) is 1.76. The van der Waals surface area contributed by atoms with Crippen molar-refractivity contribution >= 4 is 5.91 Å². The third-order valence-corrected chi connectivity index (χ3v) is 6.10. The molecule has 2 saturated heterocycles. The van der Waals surface area contributed by atoms with Gasteiger partial charge in [-0.3, -0.25) is 4.79 Å². The fourth-order valence-corrected chi connectivity index (χ4v) is 4.61. The molecule has 132 valence electrons. The molecule has 1 N–H and O–H groups in total. The van der Waals surface area contributed by atoms with E-state index in [2.05, 4.69) is 0 Å². The molecule has 0 unspecified atom stereocenters. The largest absolute Gasteiger partial charge is 0.389 e. The van der Waals surface area contributed by atoms with E-state index in [4.69, 9.17) is 9.47 Å². The second-order valence-electron chi connectivity index (χ2n) is 7.62. The van der Waals surface area contributed by atoms with E-state index in [1.54, 1.807) is 7.11 Å². The summed E-state index contributed by atoms with van der Waals surface area (Å²) in [6.07, 6.45) is 9.01. The van der Waals surface area contributed by atoms with Crippen LogP contribution in [0.4, 0.5) is 0 Å². The van der Waals surface area contributed by atoms with Gasteiger partial charge in [-0.25, -0.2) is 0 Å². The second kappa shape index (κ2) is 7.08. The Bertz CT molecular complexity index is 411. The van der Waals surface area contributed by atoms with E-state index in [0.717, 1.165) is 71.1 Å². The Balaban J connectivity index is 1.54. The van der Waals surface area contributed by atoms with Crippen LogP contribution in [0.3, 0.4) is 0 Å². The number of methoxy groups -OCH3 is 1. The third-order valence-electron chi connectivity index (χ3n) is 6.10. The van der Waals surface area contributed by atoms with E-state index in [9.17, 15) is 9.90 Å². The normalized spacial score (nSPS) is 30.3. The number of piperidine rings is 1. The van der Waals surface area contributed by atoms with E-state index in [-0.39, 0.29) is 24.0 Å². The Hall–Kier alpha value is -0.650. The van der Waals surface area contributed by atoms with Gasteiger partial charge in [0.05, 0.1) is 23.7 Å². The first-order valence-electron chi connectivity index (χ1n) is 9.24. The van der Waals surface area contributed by atoms with Gasteiger partial charge in [0.15, 0.2) is 0 Å². The zero-order chi connectivity index (χ0) is 16.3. The molecule has 2 heterocycles. The monoisotopic (exact) mass is 325 g/mol. The summed E-state index contributed by atoms with van der Waals surface area (Å²) in [5.41, 5.74) is -0.966. The van der Waals surface area contributed by atoms with Crippen LogP contribution in [0, 0.1) is 0 Å². The number of hydrogen-bond donors (Lipinski definition) is 1. The molecule has 23 heavy (non-hydrogen) atoms. The van der Waals surface area contributed by atoms with Gasteiger partial charge in [0.2, 0.25) is 5.91 Å². The van der Waals surface area contributed by atoms with E-state index in [1.807, 2.05) is 4.90 Å². The van der Waals surface area contributed by atoms with E-state index in [0.29, 0.717) is 0 Å². The number of hydrogen-bond acceptors (Lipinski definition) is 4. The van der Waals surface area contributed by atoms with Crippen molar-refractivity contribution in [3.05, 3.63) is 0 Å². The van der Waals surface area contributed by atoms with Crippen LogP contribution in [0.25, 0.3) is 0 Å². The number of rotatable bonds is 3. The highest BCUT2D eigenvalue weighted by Crippen LogP contribution is 2.38. The van der Waals surface area contributed by atoms with Gasteiger partial charge in [0, 0.05) is 26.8 Å². The molecule has 1 atom stereocenters. The number of aliphatic hydroxyl groups is 1. The second-order valence-corrected chi connectivity index (χ2v) is 7.62. The maximum Gasteiger partial charge on any atom is 0.225 e. The minimum atomic E-state index is -0.763. The van der Waals surface area contributed by atoms with Crippen molar-refractivity contribution in [2.24, 2.45) is 0 Å². The Kier molecular flexibility index (Phi) is 5.29. The number of carbonyl (C=O) groups is 1. The van der Waals surface area contributed by atoms with Crippen LogP contribution in [-0.2, 0) is 14.3 Å². The van der Waals surface area contributed by atoms with E-state index >= 15 is 0 Å². The quantitative estimate of drug-likeness (QED) is 0.865. The van der Waals surface area contributed by atoms with Crippen LogP contribution >= 0.6 is 0 Å². The zero-order valence-corrected chi connectivity index (χ0v) is 14.4. The molecule has 1 spiro atoms. The standard InChI is InChI=1S/C18H31NO4/c1-22-15-6-5-13-23-18(15)9-11-19(12-10-18)16(20)14-17(21)7-3-2-4-8-17/h15,21H,2-14H2,1H3/t15-/m0/s1. The van der Waals surface area contributed by atoms with Crippen LogP contribution in [0.5, 0.6) is 0 Å². The Labute approximate surface area is 139 Å². The summed E-state index contributed by atoms with van der Waals surface area (Å²) in [5.74, 6) is 0.106. The molecule has 0 aromatic carbocycles. The molecule has 3 fully saturated rings. The van der Waals surface area contributed by atoms with Crippen LogP contribution in [-0.4, -0.2) is 60.0 Å². The maximum absolute atomic E-state index is 12.6. The lowest BCUT2D eigenvalue weighted by atomic mass is 9.80. The molecule has 3 rings (SSSR count). The smallest absolute Gasteiger partial charge is 0.225 e. The number of likely N-dealkylation sites (tertiary alicyclic amines) is 1. The molecule has 3 aliphatic rings. The van der Waals surface area contributed by atoms with Gasteiger partial charge < -0.3 is 19.5 Å². The molecule has 1 saturated carbocycles. The summed E-state index contributed by atoms with van der Waals surface area (Å²) >= 11 is 0. The number of amides is 1. The van der Waals surface area contributed by atoms with Crippen LogP contribution < -0.4 is 0 Å². The molecule has 0 aromatic heterocycles. The lowest BCUT2D eigenvalue weighted by Gasteiger charge is -2.48. The van der Waals surface area contributed by atoms with Crippen molar-refractivity contribution in [1.29, 1.82) is 0 Å². The topological polar surface area (TPSA) is 59.0 Å². The average molecular weight is 325 g/mol. The van der Waals surface area contributed by atoms with Crippen molar-refractivity contribution in [3.8, 4) is 0 Å². The van der Waals surface area contributed by atoms with Gasteiger partial charge in [-0.1, -0.05) is 19.3 Å². The van der Waals surface area contributed by atoms with Gasteiger partial charge in [-0.15, -0.1) is 0 Å². The van der Waals surface area contributed by atoms with Crippen molar-refractivity contribution in [1.82, 2.24) is 4.90 Å². The van der Waals surface area contributed by atoms with Crippen molar-refractivity contribution < 1.29 is 19.4 Å². The molecule has 5 nitrogen and oxygen atoms in total. The first-order valence-corrected chi connectivity index (χ1v) is 9.24. The SMILES string of the molecule is CO[C@H]1CCCOC12CCN(C(=O)CC1(O)CCCCC1)CC2. The van der Waals surface area contributed by atoms with E-state index in [1.165, 1.54) is 6.42 Å². The van der Waals surface area contributed by atoms with Gasteiger partial charge >= 0.3 is 0 Å². The Morgan fingerprint density at radius 2 is 1.87 bits per heavy atom. The lowest BCUT2D eigenvalue weighted by molar-refractivity contribution is -0.189. The first-order chi connectivity index (χ1) is 11.1. The minimum Gasteiger partial charge on any atom is -0.389 e. The zero-order valence-electron chi connectivity index (χ0n) is 14.4. The third kappa shape index (κ3) is 3.72. The Morgan fingerprint density at radius 3 is 2.52 bits per heavy atom. The molecule has 0 aromatic rings. The number of carbonyl (C=O) groups excluding carboxylic acids is 1. The highest BCUT2D eigenvalue weighted by atomic mass is 16.5.